The summed E-state index contributed by atoms with van der Waals surface area (Å²) in [6.45, 7) is 6.91. The summed E-state index contributed by atoms with van der Waals surface area (Å²) in [4.78, 5) is 8.72. The van der Waals surface area contributed by atoms with Crippen LogP contribution in [0.4, 0.5) is 20.2 Å². The van der Waals surface area contributed by atoms with E-state index in [0.29, 0.717) is 45.5 Å². The monoisotopic (exact) mass is 605 g/mol. The number of aromatic nitrogens is 2. The van der Waals surface area contributed by atoms with E-state index in [1.54, 1.807) is 18.2 Å². The fourth-order valence-electron chi connectivity index (χ4n) is 6.62. The van der Waals surface area contributed by atoms with Gasteiger partial charge in [0.1, 0.15) is 17.8 Å². The number of hydrogen-bond donors (Lipinski definition) is 4. The molecular weight excluding hydrogens is 572 g/mol. The van der Waals surface area contributed by atoms with Crippen molar-refractivity contribution in [2.24, 2.45) is 11.3 Å². The van der Waals surface area contributed by atoms with Crippen LogP contribution in [0.25, 0.3) is 21.8 Å². The van der Waals surface area contributed by atoms with Crippen LogP contribution in [0.5, 0.6) is 0 Å². The summed E-state index contributed by atoms with van der Waals surface area (Å²) in [5.74, 6) is 0.793. The second-order valence-corrected chi connectivity index (χ2v) is 13.5. The standard InChI is InChI=1S/C34H33F2N9/c1-33(2,3)18-40-30-21(15-38)16-39-29-20(14-37)9-22(10-25(29)30)41-31(28-17-45(44-43-28)34-11-19(12-34)13-34)24-5-4-6-26-23(24)7-8-27(42-26)32(35)36/h4-10,16-17,19,31-32,41,43-44H,11-13,18H2,1-3H3,(H,39,40)/t19?,31-,34?/m0/s1. The van der Waals surface area contributed by atoms with Gasteiger partial charge in [0.15, 0.2) is 0 Å². The van der Waals surface area contributed by atoms with Gasteiger partial charge in [-0.25, -0.2) is 13.8 Å². The fourth-order valence-corrected chi connectivity index (χ4v) is 6.62. The Hall–Kier alpha value is -5.00. The van der Waals surface area contributed by atoms with E-state index in [-0.39, 0.29) is 16.6 Å². The summed E-state index contributed by atoms with van der Waals surface area (Å²) in [5.41, 5.74) is 11.1. The maximum Gasteiger partial charge on any atom is 0.280 e. The molecule has 1 aliphatic heterocycles. The third kappa shape index (κ3) is 5.03. The minimum Gasteiger partial charge on any atom is -0.383 e. The Balaban J connectivity index is 1.35. The maximum absolute atomic E-state index is 13.5. The van der Waals surface area contributed by atoms with E-state index in [2.05, 4.69) is 75.7 Å². The Morgan fingerprint density at radius 2 is 1.84 bits per heavy atom. The number of nitrogens with one attached hydrogen (secondary N) is 4. The molecule has 3 heterocycles. The summed E-state index contributed by atoms with van der Waals surface area (Å²) in [7, 11) is 0. The van der Waals surface area contributed by atoms with Crippen molar-refractivity contribution in [3.05, 3.63) is 82.9 Å². The molecule has 4 aromatic rings. The highest BCUT2D eigenvalue weighted by molar-refractivity contribution is 5.99. The Kier molecular flexibility index (Phi) is 6.75. The molecular formula is C34H33F2N9. The van der Waals surface area contributed by atoms with Gasteiger partial charge in [-0.3, -0.25) is 9.99 Å². The van der Waals surface area contributed by atoms with Gasteiger partial charge in [-0.05, 0) is 60.4 Å². The number of anilines is 2. The predicted molar refractivity (Wildman–Crippen MR) is 168 cm³/mol. The van der Waals surface area contributed by atoms with Crippen LogP contribution in [-0.4, -0.2) is 27.1 Å². The molecule has 2 aromatic carbocycles. The van der Waals surface area contributed by atoms with Crippen LogP contribution < -0.4 is 21.6 Å². The van der Waals surface area contributed by atoms with Gasteiger partial charge in [0.25, 0.3) is 6.43 Å². The van der Waals surface area contributed by atoms with E-state index < -0.39 is 12.5 Å². The molecule has 8 rings (SSSR count). The van der Waals surface area contributed by atoms with Crippen molar-refractivity contribution < 1.29 is 8.78 Å². The van der Waals surface area contributed by atoms with Crippen LogP contribution in [0, 0.1) is 34.0 Å². The first-order valence-corrected chi connectivity index (χ1v) is 15.1. The molecule has 228 valence electrons. The molecule has 0 unspecified atom stereocenters. The second-order valence-electron chi connectivity index (χ2n) is 13.5. The number of halogens is 2. The largest absolute Gasteiger partial charge is 0.383 e. The van der Waals surface area contributed by atoms with Crippen molar-refractivity contribution >= 4 is 33.2 Å². The van der Waals surface area contributed by atoms with Crippen LogP contribution in [0.15, 0.2) is 60.6 Å². The number of benzene rings is 2. The highest BCUT2D eigenvalue weighted by Crippen LogP contribution is 2.60. The predicted octanol–water partition coefficient (Wildman–Crippen LogP) is 6.79. The smallest absolute Gasteiger partial charge is 0.280 e. The Morgan fingerprint density at radius 3 is 2.51 bits per heavy atom. The van der Waals surface area contributed by atoms with E-state index in [0.717, 1.165) is 41.8 Å². The van der Waals surface area contributed by atoms with E-state index >= 15 is 0 Å². The molecule has 0 radical (unpaired) electrons. The van der Waals surface area contributed by atoms with Crippen LogP contribution >= 0.6 is 0 Å². The van der Waals surface area contributed by atoms with E-state index in [1.165, 1.54) is 12.3 Å². The van der Waals surface area contributed by atoms with Crippen molar-refractivity contribution in [3.8, 4) is 12.1 Å². The fraction of sp³-hybridized carbons (Fsp3) is 0.353. The van der Waals surface area contributed by atoms with Gasteiger partial charge >= 0.3 is 0 Å². The molecule has 45 heavy (non-hydrogen) atoms. The van der Waals surface area contributed by atoms with Gasteiger partial charge in [-0.2, -0.15) is 10.5 Å². The van der Waals surface area contributed by atoms with Crippen molar-refractivity contribution in [2.45, 2.75) is 58.0 Å². The van der Waals surface area contributed by atoms with Gasteiger partial charge in [0, 0.05) is 35.4 Å². The van der Waals surface area contributed by atoms with Gasteiger partial charge in [0.2, 0.25) is 0 Å². The minimum absolute atomic E-state index is 0.0617. The zero-order chi connectivity index (χ0) is 31.5. The Labute approximate surface area is 259 Å². The highest BCUT2D eigenvalue weighted by Gasteiger charge is 2.60. The third-order valence-corrected chi connectivity index (χ3v) is 9.06. The zero-order valence-corrected chi connectivity index (χ0v) is 25.2. The number of hydrogen-bond acceptors (Lipinski definition) is 9. The van der Waals surface area contributed by atoms with Gasteiger partial charge in [-0.15, -0.1) is 5.53 Å². The van der Waals surface area contributed by atoms with Crippen LogP contribution in [0.1, 0.15) is 74.9 Å². The van der Waals surface area contributed by atoms with E-state index in [9.17, 15) is 19.3 Å². The minimum atomic E-state index is -2.67. The lowest BCUT2D eigenvalue weighted by Crippen LogP contribution is -2.69. The molecule has 0 spiro atoms. The molecule has 4 aliphatic rings. The molecule has 0 amide bonds. The first kappa shape index (κ1) is 28.8. The summed E-state index contributed by atoms with van der Waals surface area (Å²) in [6, 6.07) is 16.3. The lowest BCUT2D eigenvalue weighted by Gasteiger charge is -2.64. The van der Waals surface area contributed by atoms with E-state index in [1.807, 2.05) is 18.2 Å². The lowest BCUT2D eigenvalue weighted by atomic mass is 9.49. The number of hydrazine groups is 2. The van der Waals surface area contributed by atoms with E-state index in [4.69, 9.17) is 0 Å². The van der Waals surface area contributed by atoms with Gasteiger partial charge in [-0.1, -0.05) is 39.0 Å². The molecule has 1 atom stereocenters. The molecule has 2 bridgehead atoms. The lowest BCUT2D eigenvalue weighted by molar-refractivity contribution is -0.141. The summed E-state index contributed by atoms with van der Waals surface area (Å²) < 4.78 is 27.1. The average molecular weight is 606 g/mol. The molecule has 3 fully saturated rings. The van der Waals surface area contributed by atoms with Crippen molar-refractivity contribution in [1.29, 1.82) is 10.5 Å². The number of pyridine rings is 2. The van der Waals surface area contributed by atoms with Crippen LogP contribution in [-0.2, 0) is 0 Å². The first-order chi connectivity index (χ1) is 21.6. The second kappa shape index (κ2) is 10.6. The SMILES string of the molecule is CC(C)(C)CNc1c(C#N)cnc2c(C#N)cc(N[C@H](C3=CN(C45CC(C4)C5)NN3)c3cccc4nc(C(F)F)ccc34)cc12. The van der Waals surface area contributed by atoms with Crippen LogP contribution in [0.3, 0.4) is 0 Å². The first-order valence-electron chi connectivity index (χ1n) is 15.1. The third-order valence-electron chi connectivity index (χ3n) is 9.06. The number of rotatable bonds is 8. The maximum atomic E-state index is 13.5. The summed E-state index contributed by atoms with van der Waals surface area (Å²) in [5, 5.41) is 30.7. The molecule has 2 aromatic heterocycles. The summed E-state index contributed by atoms with van der Waals surface area (Å²) in [6.07, 6.45) is 4.34. The normalized spacial score (nSPS) is 20.9. The topological polar surface area (TPSA) is 125 Å². The number of nitrogens with zero attached hydrogens (tertiary/aromatic N) is 5. The Bertz CT molecular complexity index is 1930. The molecule has 0 saturated heterocycles. The average Bonchev–Trinajstić information content (AvgIpc) is 3.44. The number of fused-ring (bicyclic) bond motifs is 2. The molecule has 3 aliphatic carbocycles. The highest BCUT2D eigenvalue weighted by atomic mass is 19.3. The zero-order valence-electron chi connectivity index (χ0n) is 25.2. The van der Waals surface area contributed by atoms with Crippen molar-refractivity contribution in [3.63, 3.8) is 0 Å². The number of alkyl halides is 2. The quantitative estimate of drug-likeness (QED) is 0.172. The van der Waals surface area contributed by atoms with Crippen molar-refractivity contribution in [1.82, 2.24) is 25.9 Å². The van der Waals surface area contributed by atoms with Gasteiger partial charge in [0.05, 0.1) is 45.1 Å². The molecule has 11 heteroatoms. The summed E-state index contributed by atoms with van der Waals surface area (Å²) >= 11 is 0. The molecule has 9 nitrogen and oxygen atoms in total. The van der Waals surface area contributed by atoms with Gasteiger partial charge < -0.3 is 16.1 Å². The number of nitriles is 2. The Morgan fingerprint density at radius 1 is 1.07 bits per heavy atom. The van der Waals surface area contributed by atoms with Crippen LogP contribution in [0.2, 0.25) is 0 Å². The molecule has 4 N–H and O–H groups in total. The van der Waals surface area contributed by atoms with Crippen molar-refractivity contribution in [2.75, 3.05) is 17.2 Å². The molecule has 3 saturated carbocycles.